The summed E-state index contributed by atoms with van der Waals surface area (Å²) in [6.45, 7) is 1.96. The average molecular weight is 267 g/mol. The van der Waals surface area contributed by atoms with E-state index in [-0.39, 0.29) is 0 Å². The van der Waals surface area contributed by atoms with Gasteiger partial charge in [0.05, 0.1) is 5.01 Å². The zero-order valence-corrected chi connectivity index (χ0v) is 11.1. The molecule has 0 unspecified atom stereocenters. The molecule has 0 spiro atoms. The summed E-state index contributed by atoms with van der Waals surface area (Å²) < 4.78 is 0. The second-order valence-electron chi connectivity index (χ2n) is 3.81. The molecule has 0 amide bonds. The Morgan fingerprint density at radius 1 is 1.24 bits per heavy atom. The van der Waals surface area contributed by atoms with E-state index in [9.17, 15) is 0 Å². The van der Waals surface area contributed by atoms with Crippen LogP contribution in [0.2, 0.25) is 5.02 Å². The monoisotopic (exact) mass is 266 g/mol. The van der Waals surface area contributed by atoms with Crippen molar-refractivity contribution >= 4 is 22.9 Å². The van der Waals surface area contributed by atoms with Gasteiger partial charge in [-0.25, -0.2) is 4.98 Å². The number of hydrogen-bond donors (Lipinski definition) is 1. The molecule has 0 fully saturated rings. The quantitative estimate of drug-likeness (QED) is 0.813. The van der Waals surface area contributed by atoms with Gasteiger partial charge in [0.2, 0.25) is 0 Å². The van der Waals surface area contributed by atoms with Crippen molar-refractivity contribution in [1.29, 1.82) is 0 Å². The van der Waals surface area contributed by atoms with Crippen molar-refractivity contribution in [1.82, 2.24) is 10.3 Å². The van der Waals surface area contributed by atoms with Gasteiger partial charge in [-0.3, -0.25) is 0 Å². The Labute approximate surface area is 111 Å². The van der Waals surface area contributed by atoms with Crippen LogP contribution in [-0.2, 0) is 12.8 Å². The van der Waals surface area contributed by atoms with E-state index in [1.165, 1.54) is 10.6 Å². The average Bonchev–Trinajstić information content (AvgIpc) is 2.82. The van der Waals surface area contributed by atoms with Crippen LogP contribution >= 0.6 is 22.9 Å². The van der Waals surface area contributed by atoms with Crippen LogP contribution in [0.1, 0.15) is 10.6 Å². The molecule has 1 N–H and O–H groups in total. The molecule has 0 aliphatic rings. The lowest BCUT2D eigenvalue weighted by molar-refractivity contribution is 0.680. The molecule has 0 saturated carbocycles. The van der Waals surface area contributed by atoms with Crippen LogP contribution in [-0.4, -0.2) is 18.1 Å². The predicted molar refractivity (Wildman–Crippen MR) is 73.8 cm³/mol. The maximum atomic E-state index is 5.93. The van der Waals surface area contributed by atoms with Crippen molar-refractivity contribution in [2.24, 2.45) is 0 Å². The van der Waals surface area contributed by atoms with Crippen molar-refractivity contribution in [3.63, 3.8) is 0 Å². The Morgan fingerprint density at radius 3 is 2.88 bits per heavy atom. The molecular formula is C13H15ClN2S. The number of hydrogen-bond acceptors (Lipinski definition) is 3. The summed E-state index contributed by atoms with van der Waals surface area (Å²) in [7, 11) is 0. The molecule has 0 aliphatic heterocycles. The zero-order chi connectivity index (χ0) is 11.9. The molecule has 2 nitrogen and oxygen atoms in total. The maximum Gasteiger partial charge on any atom is 0.0937 e. The molecule has 0 radical (unpaired) electrons. The number of nitrogens with zero attached hydrogens (tertiary/aromatic N) is 1. The maximum absolute atomic E-state index is 5.93. The number of nitrogens with one attached hydrogen (secondary N) is 1. The zero-order valence-electron chi connectivity index (χ0n) is 9.53. The number of aromatic nitrogens is 1. The van der Waals surface area contributed by atoms with Crippen LogP contribution < -0.4 is 5.32 Å². The number of halogens is 1. The summed E-state index contributed by atoms with van der Waals surface area (Å²) in [5.74, 6) is 0. The first-order chi connectivity index (χ1) is 8.34. The van der Waals surface area contributed by atoms with Crippen LogP contribution in [0.4, 0.5) is 0 Å². The second kappa shape index (κ2) is 6.74. The van der Waals surface area contributed by atoms with Crippen LogP contribution in [0, 0.1) is 0 Å². The fourth-order valence-corrected chi connectivity index (χ4v) is 2.46. The highest BCUT2D eigenvalue weighted by Gasteiger charge is 1.96. The minimum Gasteiger partial charge on any atom is -0.316 e. The molecule has 0 bridgehead atoms. The third kappa shape index (κ3) is 4.46. The highest BCUT2D eigenvalue weighted by molar-refractivity contribution is 7.09. The highest BCUT2D eigenvalue weighted by Crippen LogP contribution is 2.10. The first kappa shape index (κ1) is 12.6. The van der Waals surface area contributed by atoms with Crippen LogP contribution in [0.3, 0.4) is 0 Å². The Hall–Kier alpha value is -0.900. The molecule has 1 heterocycles. The van der Waals surface area contributed by atoms with Gasteiger partial charge in [-0.15, -0.1) is 11.3 Å². The minimum absolute atomic E-state index is 0.810. The molecule has 0 atom stereocenters. The van der Waals surface area contributed by atoms with E-state index in [1.807, 2.05) is 29.8 Å². The summed E-state index contributed by atoms with van der Waals surface area (Å²) in [6.07, 6.45) is 3.87. The number of thiazole rings is 1. The summed E-state index contributed by atoms with van der Waals surface area (Å²) in [5, 5.41) is 7.44. The predicted octanol–water partition coefficient (Wildman–Crippen LogP) is 3.17. The molecule has 1 aromatic carbocycles. The fourth-order valence-electron chi connectivity index (χ4n) is 1.62. The van der Waals surface area contributed by atoms with Crippen LogP contribution in [0.25, 0.3) is 0 Å². The van der Waals surface area contributed by atoms with E-state index in [2.05, 4.69) is 16.4 Å². The molecular weight excluding hydrogens is 252 g/mol. The largest absolute Gasteiger partial charge is 0.316 e. The Morgan fingerprint density at radius 2 is 2.12 bits per heavy atom. The standard InChI is InChI=1S/C13H15ClN2S/c14-12-3-1-2-11(10-12)4-6-15-7-5-13-16-8-9-17-13/h1-3,8-10,15H,4-7H2. The van der Waals surface area contributed by atoms with Crippen LogP contribution in [0.15, 0.2) is 35.8 Å². The van der Waals surface area contributed by atoms with Crippen molar-refractivity contribution in [3.8, 4) is 0 Å². The van der Waals surface area contributed by atoms with Crippen LogP contribution in [0.5, 0.6) is 0 Å². The van der Waals surface area contributed by atoms with Gasteiger partial charge >= 0.3 is 0 Å². The van der Waals surface area contributed by atoms with Crippen molar-refractivity contribution in [2.75, 3.05) is 13.1 Å². The summed E-state index contributed by atoms with van der Waals surface area (Å²) >= 11 is 7.64. The lowest BCUT2D eigenvalue weighted by Crippen LogP contribution is -2.20. The molecule has 2 aromatic rings. The Kier molecular flexibility index (Phi) is 4.98. The van der Waals surface area contributed by atoms with Gasteiger partial charge < -0.3 is 5.32 Å². The van der Waals surface area contributed by atoms with Gasteiger partial charge in [0.25, 0.3) is 0 Å². The number of benzene rings is 1. The number of rotatable bonds is 6. The first-order valence-electron chi connectivity index (χ1n) is 5.68. The fraction of sp³-hybridized carbons (Fsp3) is 0.308. The Bertz CT molecular complexity index is 442. The summed E-state index contributed by atoms with van der Waals surface area (Å²) in [4.78, 5) is 4.24. The SMILES string of the molecule is Clc1cccc(CCNCCc2nccs2)c1. The normalized spacial score (nSPS) is 10.6. The molecule has 4 heteroatoms. The van der Waals surface area contributed by atoms with Crippen molar-refractivity contribution < 1.29 is 0 Å². The van der Waals surface area contributed by atoms with Gasteiger partial charge in [-0.2, -0.15) is 0 Å². The minimum atomic E-state index is 0.810. The first-order valence-corrected chi connectivity index (χ1v) is 6.94. The third-order valence-corrected chi connectivity index (χ3v) is 3.55. The molecule has 1 aromatic heterocycles. The topological polar surface area (TPSA) is 24.9 Å². The van der Waals surface area contributed by atoms with Gasteiger partial charge in [0.1, 0.15) is 0 Å². The molecule has 0 saturated heterocycles. The Balaban J connectivity index is 1.63. The smallest absolute Gasteiger partial charge is 0.0937 e. The van der Waals surface area contributed by atoms with Crippen molar-refractivity contribution in [2.45, 2.75) is 12.8 Å². The van der Waals surface area contributed by atoms with E-state index >= 15 is 0 Å². The third-order valence-electron chi connectivity index (χ3n) is 2.48. The van der Waals surface area contributed by atoms with E-state index < -0.39 is 0 Å². The highest BCUT2D eigenvalue weighted by atomic mass is 35.5. The van der Waals surface area contributed by atoms with Gasteiger partial charge in [-0.1, -0.05) is 23.7 Å². The van der Waals surface area contributed by atoms with E-state index in [4.69, 9.17) is 11.6 Å². The van der Waals surface area contributed by atoms with E-state index in [0.29, 0.717) is 0 Å². The van der Waals surface area contributed by atoms with E-state index in [0.717, 1.165) is 31.0 Å². The molecule has 17 heavy (non-hydrogen) atoms. The summed E-state index contributed by atoms with van der Waals surface area (Å²) in [5.41, 5.74) is 1.28. The lowest BCUT2D eigenvalue weighted by Gasteiger charge is -2.04. The lowest BCUT2D eigenvalue weighted by atomic mass is 10.1. The molecule has 0 aliphatic carbocycles. The van der Waals surface area contributed by atoms with Gasteiger partial charge in [0.15, 0.2) is 0 Å². The molecule has 2 rings (SSSR count). The van der Waals surface area contributed by atoms with Gasteiger partial charge in [-0.05, 0) is 30.7 Å². The molecule has 90 valence electrons. The second-order valence-corrected chi connectivity index (χ2v) is 5.22. The van der Waals surface area contributed by atoms with E-state index in [1.54, 1.807) is 11.3 Å². The van der Waals surface area contributed by atoms with Gasteiger partial charge in [0, 0.05) is 29.6 Å². The van der Waals surface area contributed by atoms with Crippen molar-refractivity contribution in [3.05, 3.63) is 51.4 Å². The summed E-state index contributed by atoms with van der Waals surface area (Å²) in [6, 6.07) is 8.02.